The van der Waals surface area contributed by atoms with Crippen LogP contribution in [0.5, 0.6) is 0 Å². The Balaban J connectivity index is 4.02. The normalized spacial score (nSPS) is 12.5. The van der Waals surface area contributed by atoms with Gasteiger partial charge in [-0.25, -0.2) is 0 Å². The predicted octanol–water partition coefficient (Wildman–Crippen LogP) is 1.33. The minimum atomic E-state index is -3.88. The average Bonchev–Trinajstić information content (AvgIpc) is 1.97. The van der Waals surface area contributed by atoms with Crippen LogP contribution in [0.25, 0.3) is 0 Å². The average molecular weight is 178 g/mol. The summed E-state index contributed by atoms with van der Waals surface area (Å²) >= 11 is 0. The number of hydrogen-bond donors (Lipinski definition) is 0. The molecule has 0 radical (unpaired) electrons. The van der Waals surface area contributed by atoms with Crippen LogP contribution in [0.4, 0.5) is 0 Å². The Labute approximate surface area is 66.5 Å². The number of hydrogen-bond acceptors (Lipinski definition) is 4. The molecule has 0 aliphatic carbocycles. The van der Waals surface area contributed by atoms with Crippen molar-refractivity contribution in [3.8, 4) is 0 Å². The third-order valence-electron chi connectivity index (χ3n) is 0.619. The zero-order valence-corrected chi connectivity index (χ0v) is 7.17. The van der Waals surface area contributed by atoms with Crippen molar-refractivity contribution in [2.24, 2.45) is 0 Å². The number of allylic oxidation sites excluding steroid dienone is 2. The van der Waals surface area contributed by atoms with Gasteiger partial charge in [-0.1, -0.05) is 12.2 Å². The summed E-state index contributed by atoms with van der Waals surface area (Å²) in [6.45, 7) is 3.26. The molecule has 0 heterocycles. The van der Waals surface area contributed by atoms with E-state index in [-0.39, 0.29) is 0 Å². The van der Waals surface area contributed by atoms with Gasteiger partial charge in [-0.2, -0.15) is 0 Å². The minimum Gasteiger partial charge on any atom is -0.361 e. The van der Waals surface area contributed by atoms with Gasteiger partial charge < -0.3 is 8.37 Å². The van der Waals surface area contributed by atoms with E-state index in [1.165, 1.54) is 12.2 Å². The molecule has 0 amide bonds. The Kier molecular flexibility index (Phi) is 4.36. The first-order valence-corrected chi connectivity index (χ1v) is 4.29. The molecule has 11 heavy (non-hydrogen) atoms. The molecule has 0 aromatic carbocycles. The predicted molar refractivity (Wildman–Crippen MR) is 40.7 cm³/mol. The SMILES string of the molecule is CC=COS(=O)(=O)OC=CC. The Morgan fingerprint density at radius 1 is 1.00 bits per heavy atom. The topological polar surface area (TPSA) is 52.6 Å². The van der Waals surface area contributed by atoms with Gasteiger partial charge in [0.2, 0.25) is 0 Å². The lowest BCUT2D eigenvalue weighted by molar-refractivity contribution is 0.335. The zero-order valence-electron chi connectivity index (χ0n) is 6.35. The third-order valence-corrected chi connectivity index (χ3v) is 1.31. The lowest BCUT2D eigenvalue weighted by atomic mass is 10.8. The standard InChI is InChI=1S/C6H10O4S/c1-3-5-9-11(7,8)10-6-4-2/h3-6H,1-2H3. The fraction of sp³-hybridized carbons (Fsp3) is 0.333. The molecule has 0 N–H and O–H groups in total. The summed E-state index contributed by atoms with van der Waals surface area (Å²) in [6.07, 6.45) is 4.94. The van der Waals surface area contributed by atoms with Crippen molar-refractivity contribution < 1.29 is 16.8 Å². The van der Waals surface area contributed by atoms with Crippen molar-refractivity contribution in [1.82, 2.24) is 0 Å². The fourth-order valence-corrected chi connectivity index (χ4v) is 0.810. The van der Waals surface area contributed by atoms with Crippen molar-refractivity contribution in [2.75, 3.05) is 0 Å². The van der Waals surface area contributed by atoms with E-state index in [1.54, 1.807) is 13.8 Å². The molecule has 0 bridgehead atoms. The van der Waals surface area contributed by atoms with Gasteiger partial charge in [-0.05, 0) is 13.8 Å². The lowest BCUT2D eigenvalue weighted by Crippen LogP contribution is -2.01. The second-order valence-corrected chi connectivity index (χ2v) is 2.74. The summed E-state index contributed by atoms with van der Waals surface area (Å²) in [5.74, 6) is 0. The lowest BCUT2D eigenvalue weighted by Gasteiger charge is -1.98. The third kappa shape index (κ3) is 5.47. The van der Waals surface area contributed by atoms with E-state index in [0.717, 1.165) is 12.5 Å². The number of rotatable bonds is 4. The molecule has 0 saturated carbocycles. The van der Waals surface area contributed by atoms with Crippen LogP contribution in [-0.2, 0) is 18.8 Å². The molecular weight excluding hydrogens is 168 g/mol. The van der Waals surface area contributed by atoms with Crippen molar-refractivity contribution >= 4 is 10.4 Å². The van der Waals surface area contributed by atoms with Crippen molar-refractivity contribution in [3.63, 3.8) is 0 Å². The second-order valence-electron chi connectivity index (χ2n) is 1.54. The molecule has 0 aliphatic rings. The maximum Gasteiger partial charge on any atom is 0.499 e. The molecule has 0 spiro atoms. The highest BCUT2D eigenvalue weighted by Crippen LogP contribution is 1.96. The van der Waals surface area contributed by atoms with Crippen LogP contribution >= 0.6 is 0 Å². The van der Waals surface area contributed by atoms with E-state index in [9.17, 15) is 8.42 Å². The summed E-state index contributed by atoms with van der Waals surface area (Å²) < 4.78 is 29.6. The van der Waals surface area contributed by atoms with Crippen LogP contribution in [0.2, 0.25) is 0 Å². The van der Waals surface area contributed by atoms with E-state index in [4.69, 9.17) is 0 Å². The Morgan fingerprint density at radius 3 is 1.64 bits per heavy atom. The van der Waals surface area contributed by atoms with Crippen LogP contribution in [-0.4, -0.2) is 8.42 Å². The molecule has 0 unspecified atom stereocenters. The zero-order chi connectivity index (χ0) is 8.74. The van der Waals surface area contributed by atoms with Crippen molar-refractivity contribution in [2.45, 2.75) is 13.8 Å². The fourth-order valence-electron chi connectivity index (χ4n) is 0.270. The van der Waals surface area contributed by atoms with E-state index in [0.29, 0.717) is 0 Å². The van der Waals surface area contributed by atoms with Crippen LogP contribution < -0.4 is 0 Å². The quantitative estimate of drug-likeness (QED) is 0.609. The van der Waals surface area contributed by atoms with Gasteiger partial charge in [0.05, 0.1) is 0 Å². The summed E-state index contributed by atoms with van der Waals surface area (Å²) in [5.41, 5.74) is 0. The molecular formula is C6H10O4S. The molecule has 0 atom stereocenters. The molecule has 0 aromatic rings. The first-order chi connectivity index (χ1) is 5.12. The summed E-state index contributed by atoms with van der Waals surface area (Å²) in [5, 5.41) is 0. The summed E-state index contributed by atoms with van der Waals surface area (Å²) in [6, 6.07) is 0. The molecule has 0 aliphatic heterocycles. The largest absolute Gasteiger partial charge is 0.499 e. The molecule has 64 valence electrons. The van der Waals surface area contributed by atoms with Crippen LogP contribution in [0.15, 0.2) is 24.7 Å². The van der Waals surface area contributed by atoms with Crippen molar-refractivity contribution in [1.29, 1.82) is 0 Å². The monoisotopic (exact) mass is 178 g/mol. The van der Waals surface area contributed by atoms with E-state index in [2.05, 4.69) is 8.37 Å². The highest BCUT2D eigenvalue weighted by molar-refractivity contribution is 7.82. The summed E-state index contributed by atoms with van der Waals surface area (Å²) in [4.78, 5) is 0. The van der Waals surface area contributed by atoms with E-state index in [1.807, 2.05) is 0 Å². The van der Waals surface area contributed by atoms with Gasteiger partial charge in [-0.3, -0.25) is 0 Å². The van der Waals surface area contributed by atoms with Gasteiger partial charge >= 0.3 is 10.4 Å². The van der Waals surface area contributed by atoms with Gasteiger partial charge in [-0.15, -0.1) is 8.42 Å². The minimum absolute atomic E-state index is 1.03. The molecule has 4 nitrogen and oxygen atoms in total. The molecule has 0 aromatic heterocycles. The van der Waals surface area contributed by atoms with Gasteiger partial charge in [0, 0.05) is 0 Å². The Morgan fingerprint density at radius 2 is 1.36 bits per heavy atom. The Bertz CT molecular complexity index is 217. The van der Waals surface area contributed by atoms with Crippen LogP contribution in [0.1, 0.15) is 13.8 Å². The van der Waals surface area contributed by atoms with Gasteiger partial charge in [0.25, 0.3) is 0 Å². The van der Waals surface area contributed by atoms with Crippen LogP contribution in [0, 0.1) is 0 Å². The maximum absolute atomic E-state index is 10.6. The van der Waals surface area contributed by atoms with Crippen molar-refractivity contribution in [3.05, 3.63) is 24.7 Å². The maximum atomic E-state index is 10.6. The van der Waals surface area contributed by atoms with E-state index >= 15 is 0 Å². The summed E-state index contributed by atoms with van der Waals surface area (Å²) in [7, 11) is -3.88. The first-order valence-electron chi connectivity index (χ1n) is 2.96. The van der Waals surface area contributed by atoms with Gasteiger partial charge in [0.1, 0.15) is 12.5 Å². The highest BCUT2D eigenvalue weighted by atomic mass is 32.3. The first kappa shape index (κ1) is 10.0. The highest BCUT2D eigenvalue weighted by Gasteiger charge is 2.06. The van der Waals surface area contributed by atoms with Crippen LogP contribution in [0.3, 0.4) is 0 Å². The molecule has 5 heteroatoms. The Hall–Kier alpha value is -0.970. The smallest absolute Gasteiger partial charge is 0.361 e. The molecule has 0 rings (SSSR count). The van der Waals surface area contributed by atoms with Gasteiger partial charge in [0.15, 0.2) is 0 Å². The van der Waals surface area contributed by atoms with E-state index < -0.39 is 10.4 Å². The molecule has 0 saturated heterocycles. The second kappa shape index (κ2) is 4.79. The molecule has 0 fully saturated rings.